The summed E-state index contributed by atoms with van der Waals surface area (Å²) in [4.78, 5) is 0. The van der Waals surface area contributed by atoms with Gasteiger partial charge in [0.05, 0.1) is 0 Å². The summed E-state index contributed by atoms with van der Waals surface area (Å²) in [7, 11) is -6.47. The monoisotopic (exact) mass is 594 g/mol. The highest BCUT2D eigenvalue weighted by Gasteiger charge is 2.81. The molecular weight excluding hydrogens is 581 g/mol. The van der Waals surface area contributed by atoms with Crippen LogP contribution in [0.15, 0.2) is 78.9 Å². The molecule has 0 unspecified atom stereocenters. The van der Waals surface area contributed by atoms with E-state index < -0.39 is 62.3 Å². The molecule has 3 rings (SSSR count). The molecule has 212 valence electrons. The Morgan fingerprint density at radius 1 is 0.513 bits per heavy atom. The van der Waals surface area contributed by atoms with E-state index in [1.807, 2.05) is 0 Å². The van der Waals surface area contributed by atoms with E-state index in [1.165, 1.54) is 24.3 Å². The summed E-state index contributed by atoms with van der Waals surface area (Å²) in [5.41, 5.74) is -10.1. The number of para-hydroxylation sites is 1. The first kappa shape index (κ1) is 30.0. The molecule has 0 heterocycles. The Bertz CT molecular complexity index is 1410. The van der Waals surface area contributed by atoms with E-state index in [1.54, 1.807) is 6.07 Å². The fraction of sp³-hybridized carbons (Fsp3) is 0.217. The normalized spacial score (nSPS) is 13.7. The van der Waals surface area contributed by atoms with Crippen molar-refractivity contribution in [1.29, 1.82) is 0 Å². The van der Waals surface area contributed by atoms with Crippen LogP contribution >= 0.6 is 0 Å². The molecule has 0 bridgehead atoms. The molecule has 3 aromatic carbocycles. The van der Waals surface area contributed by atoms with E-state index in [0.717, 1.165) is 0 Å². The maximum atomic E-state index is 14.6. The van der Waals surface area contributed by atoms with Gasteiger partial charge < -0.3 is 8.92 Å². The van der Waals surface area contributed by atoms with Crippen LogP contribution in [0, 0.1) is 0 Å². The van der Waals surface area contributed by atoms with Crippen LogP contribution in [0.2, 0.25) is 0 Å². The number of halogens is 11. The third kappa shape index (κ3) is 5.46. The standard InChI is InChI=1S/C23H13F11O4S/c24-19(25,14-9-11-17(12-10-14)37-16-6-2-1-3-7-16)21(28,29)22(30,31)20(26,27)15-5-4-8-18(13-15)38-39(35,36)23(32,33)34/h1-13H. The molecule has 3 aromatic rings. The summed E-state index contributed by atoms with van der Waals surface area (Å²) in [5, 5.41) is 0. The maximum absolute atomic E-state index is 14.6. The molecule has 0 aromatic heterocycles. The highest BCUT2D eigenvalue weighted by molar-refractivity contribution is 7.88. The number of hydrogen-bond donors (Lipinski definition) is 0. The van der Waals surface area contributed by atoms with Crippen LogP contribution in [0.5, 0.6) is 17.2 Å². The van der Waals surface area contributed by atoms with Crippen LogP contribution in [0.1, 0.15) is 11.1 Å². The molecule has 0 aliphatic carbocycles. The fourth-order valence-electron chi connectivity index (χ4n) is 3.03. The second-order valence-corrected chi connectivity index (χ2v) is 9.29. The van der Waals surface area contributed by atoms with Crippen LogP contribution in [-0.4, -0.2) is 25.8 Å². The second kappa shape index (κ2) is 9.88. The van der Waals surface area contributed by atoms with Gasteiger partial charge in [0.2, 0.25) is 0 Å². The van der Waals surface area contributed by atoms with Crippen molar-refractivity contribution in [2.45, 2.75) is 29.2 Å². The molecule has 0 atom stereocenters. The minimum absolute atomic E-state index is 0.0229. The molecule has 0 radical (unpaired) electrons. The molecule has 4 nitrogen and oxygen atoms in total. The highest BCUT2D eigenvalue weighted by atomic mass is 32.2. The first-order chi connectivity index (χ1) is 17.7. The van der Waals surface area contributed by atoms with Crippen LogP contribution < -0.4 is 8.92 Å². The highest BCUT2D eigenvalue weighted by Crippen LogP contribution is 2.59. The summed E-state index contributed by atoms with van der Waals surface area (Å²) in [5.74, 6) is -27.4. The first-order valence-corrected chi connectivity index (χ1v) is 11.6. The average Bonchev–Trinajstić information content (AvgIpc) is 2.84. The summed E-state index contributed by atoms with van der Waals surface area (Å²) < 4.78 is 185. The summed E-state index contributed by atoms with van der Waals surface area (Å²) >= 11 is 0. The zero-order chi connectivity index (χ0) is 29.5. The lowest BCUT2D eigenvalue weighted by Crippen LogP contribution is -2.59. The van der Waals surface area contributed by atoms with E-state index in [-0.39, 0.29) is 35.8 Å². The molecule has 0 aliphatic rings. The van der Waals surface area contributed by atoms with Crippen molar-refractivity contribution in [3.8, 4) is 17.2 Å². The molecular formula is C23H13F11O4S. The zero-order valence-corrected chi connectivity index (χ0v) is 19.5. The van der Waals surface area contributed by atoms with Crippen molar-refractivity contribution in [2.24, 2.45) is 0 Å². The molecule has 0 fully saturated rings. The second-order valence-electron chi connectivity index (χ2n) is 7.75. The Labute approximate surface area is 212 Å². The quantitative estimate of drug-likeness (QED) is 0.144. The van der Waals surface area contributed by atoms with Crippen molar-refractivity contribution in [3.05, 3.63) is 90.0 Å². The molecule has 0 N–H and O–H groups in total. The third-order valence-electron chi connectivity index (χ3n) is 5.06. The summed E-state index contributed by atoms with van der Waals surface area (Å²) in [6.07, 6.45) is 0. The van der Waals surface area contributed by atoms with Gasteiger partial charge in [-0.1, -0.05) is 30.3 Å². The van der Waals surface area contributed by atoms with Crippen LogP contribution in [-0.2, 0) is 22.0 Å². The smallest absolute Gasteiger partial charge is 0.457 e. The molecule has 16 heteroatoms. The molecule has 0 amide bonds. The number of alkyl halides is 11. The van der Waals surface area contributed by atoms with Gasteiger partial charge in [-0.3, -0.25) is 0 Å². The van der Waals surface area contributed by atoms with E-state index in [9.17, 15) is 56.7 Å². The lowest BCUT2D eigenvalue weighted by Gasteiger charge is -2.37. The van der Waals surface area contributed by atoms with Gasteiger partial charge in [0, 0.05) is 11.1 Å². The van der Waals surface area contributed by atoms with Gasteiger partial charge in [0.1, 0.15) is 17.2 Å². The zero-order valence-electron chi connectivity index (χ0n) is 18.7. The lowest BCUT2D eigenvalue weighted by molar-refractivity contribution is -0.374. The van der Waals surface area contributed by atoms with E-state index in [0.29, 0.717) is 18.2 Å². The largest absolute Gasteiger partial charge is 0.534 e. The number of rotatable bonds is 9. The van der Waals surface area contributed by atoms with Gasteiger partial charge in [-0.2, -0.15) is 56.7 Å². The van der Waals surface area contributed by atoms with Crippen molar-refractivity contribution >= 4 is 10.1 Å². The number of ether oxygens (including phenoxy) is 1. The van der Waals surface area contributed by atoms with E-state index in [2.05, 4.69) is 4.18 Å². The minimum atomic E-state index is -6.87. The number of hydrogen-bond acceptors (Lipinski definition) is 4. The van der Waals surface area contributed by atoms with Crippen molar-refractivity contribution in [3.63, 3.8) is 0 Å². The Kier molecular flexibility index (Phi) is 7.60. The molecule has 0 saturated heterocycles. The Balaban J connectivity index is 1.93. The van der Waals surface area contributed by atoms with Gasteiger partial charge >= 0.3 is 39.3 Å². The van der Waals surface area contributed by atoms with E-state index in [4.69, 9.17) is 4.74 Å². The third-order valence-corrected chi connectivity index (χ3v) is 6.04. The Morgan fingerprint density at radius 2 is 0.974 bits per heavy atom. The summed E-state index contributed by atoms with van der Waals surface area (Å²) in [6, 6.07) is 9.58. The molecule has 0 saturated carbocycles. The Hall–Kier alpha value is -3.56. The van der Waals surface area contributed by atoms with Gasteiger partial charge in [-0.15, -0.1) is 0 Å². The fourth-order valence-corrected chi connectivity index (χ4v) is 3.48. The van der Waals surface area contributed by atoms with Crippen LogP contribution in [0.4, 0.5) is 48.3 Å². The first-order valence-electron chi connectivity index (χ1n) is 10.2. The Morgan fingerprint density at radius 3 is 1.49 bits per heavy atom. The minimum Gasteiger partial charge on any atom is -0.457 e. The van der Waals surface area contributed by atoms with Crippen LogP contribution in [0.25, 0.3) is 0 Å². The topological polar surface area (TPSA) is 52.6 Å². The van der Waals surface area contributed by atoms with E-state index >= 15 is 0 Å². The van der Waals surface area contributed by atoms with Gasteiger partial charge in [0.15, 0.2) is 0 Å². The van der Waals surface area contributed by atoms with Gasteiger partial charge in [-0.05, 0) is 48.5 Å². The van der Waals surface area contributed by atoms with Gasteiger partial charge in [0.25, 0.3) is 0 Å². The predicted molar refractivity (Wildman–Crippen MR) is 113 cm³/mol. The van der Waals surface area contributed by atoms with Gasteiger partial charge in [-0.25, -0.2) is 0 Å². The van der Waals surface area contributed by atoms with Crippen molar-refractivity contribution in [2.75, 3.05) is 0 Å². The van der Waals surface area contributed by atoms with Crippen LogP contribution in [0.3, 0.4) is 0 Å². The van der Waals surface area contributed by atoms with Crippen molar-refractivity contribution in [1.82, 2.24) is 0 Å². The molecule has 0 spiro atoms. The number of benzene rings is 3. The SMILES string of the molecule is O=S(=O)(Oc1cccc(C(F)(F)C(F)(F)C(F)(F)C(F)(F)c2ccc(Oc3ccccc3)cc2)c1)C(F)(F)F. The molecule has 0 aliphatic heterocycles. The lowest BCUT2D eigenvalue weighted by atomic mass is 9.90. The average molecular weight is 594 g/mol. The summed E-state index contributed by atoms with van der Waals surface area (Å²) in [6.45, 7) is 0. The maximum Gasteiger partial charge on any atom is 0.534 e. The molecule has 39 heavy (non-hydrogen) atoms. The van der Waals surface area contributed by atoms with Crippen molar-refractivity contribution < 1.29 is 65.6 Å². The predicted octanol–water partition coefficient (Wildman–Crippen LogP) is 7.86.